The summed E-state index contributed by atoms with van der Waals surface area (Å²) in [5.74, 6) is 0.400. The van der Waals surface area contributed by atoms with E-state index in [2.05, 4.69) is 5.16 Å². The Balaban J connectivity index is 1.38. The summed E-state index contributed by atoms with van der Waals surface area (Å²) in [5, 5.41) is 3.89. The summed E-state index contributed by atoms with van der Waals surface area (Å²) in [4.78, 5) is 17.5. The minimum atomic E-state index is -0.843. The van der Waals surface area contributed by atoms with Gasteiger partial charge in [-0.05, 0) is 36.8 Å². The van der Waals surface area contributed by atoms with Gasteiger partial charge in [0.1, 0.15) is 11.9 Å². The Morgan fingerprint density at radius 3 is 2.92 bits per heavy atom. The van der Waals surface area contributed by atoms with Gasteiger partial charge in [-0.25, -0.2) is 9.18 Å². The highest BCUT2D eigenvalue weighted by Gasteiger charge is 2.32. The molecule has 7 heteroatoms. The van der Waals surface area contributed by atoms with E-state index in [0.717, 1.165) is 5.56 Å². The van der Waals surface area contributed by atoms with Gasteiger partial charge in [0.2, 0.25) is 12.9 Å². The molecule has 2 aliphatic rings. The first-order valence-corrected chi connectivity index (χ1v) is 8.19. The van der Waals surface area contributed by atoms with Gasteiger partial charge >= 0.3 is 5.97 Å². The third-order valence-corrected chi connectivity index (χ3v) is 4.25. The van der Waals surface area contributed by atoms with Crippen LogP contribution in [0.5, 0.6) is 11.5 Å². The number of fused-ring (bicyclic) bond motifs is 1. The molecule has 2 heterocycles. The van der Waals surface area contributed by atoms with Crippen molar-refractivity contribution in [3.05, 3.63) is 59.4 Å². The van der Waals surface area contributed by atoms with Crippen LogP contribution in [-0.2, 0) is 14.4 Å². The van der Waals surface area contributed by atoms with Crippen molar-refractivity contribution in [2.45, 2.75) is 25.6 Å². The number of hydrogen-bond donors (Lipinski definition) is 0. The van der Waals surface area contributed by atoms with E-state index in [1.807, 2.05) is 6.07 Å². The maximum absolute atomic E-state index is 13.3. The Kier molecular flexibility index (Phi) is 4.20. The maximum Gasteiger partial charge on any atom is 0.351 e. The zero-order chi connectivity index (χ0) is 18.1. The minimum absolute atomic E-state index is 0.184. The van der Waals surface area contributed by atoms with Gasteiger partial charge in [0.25, 0.3) is 0 Å². The van der Waals surface area contributed by atoms with Gasteiger partial charge in [0.15, 0.2) is 11.5 Å². The van der Waals surface area contributed by atoms with Crippen molar-refractivity contribution in [2.75, 3.05) is 6.79 Å². The molecule has 134 valence electrons. The first-order chi connectivity index (χ1) is 12.6. The zero-order valence-corrected chi connectivity index (χ0v) is 14.0. The number of halogens is 1. The van der Waals surface area contributed by atoms with Gasteiger partial charge in [0.05, 0.1) is 5.71 Å². The van der Waals surface area contributed by atoms with E-state index in [-0.39, 0.29) is 19.0 Å². The quantitative estimate of drug-likeness (QED) is 0.785. The predicted molar refractivity (Wildman–Crippen MR) is 89.5 cm³/mol. The van der Waals surface area contributed by atoms with E-state index in [1.54, 1.807) is 31.2 Å². The second-order valence-electron chi connectivity index (χ2n) is 6.04. The number of rotatable bonds is 4. The van der Waals surface area contributed by atoms with Crippen LogP contribution < -0.4 is 9.47 Å². The largest absolute Gasteiger partial charge is 0.455 e. The second kappa shape index (κ2) is 6.67. The molecule has 0 aromatic heterocycles. The monoisotopic (exact) mass is 357 g/mol. The van der Waals surface area contributed by atoms with Gasteiger partial charge in [-0.2, -0.15) is 0 Å². The molecular formula is C19H16FNO5. The number of carbonyl (C=O) groups is 1. The van der Waals surface area contributed by atoms with Crippen LogP contribution in [0.2, 0.25) is 0 Å². The van der Waals surface area contributed by atoms with Crippen LogP contribution in [0.15, 0.2) is 47.6 Å². The first kappa shape index (κ1) is 16.4. The lowest BCUT2D eigenvalue weighted by molar-refractivity contribution is -0.160. The summed E-state index contributed by atoms with van der Waals surface area (Å²) in [6.45, 7) is 1.95. The molecule has 0 saturated carbocycles. The number of benzene rings is 2. The van der Waals surface area contributed by atoms with Crippen molar-refractivity contribution in [1.29, 1.82) is 0 Å². The standard InChI is InChI=1S/C19H16FNO5/c1-11(12-5-6-16-17(8-12)24-10-23-16)25-19(22)18-9-15(21-26-18)13-3-2-4-14(20)7-13/h2-8,11,18H,9-10H2,1H3/t11-,18+/m0/s1. The fourth-order valence-electron chi connectivity index (χ4n) is 2.83. The van der Waals surface area contributed by atoms with Crippen molar-refractivity contribution in [3.8, 4) is 11.5 Å². The predicted octanol–water partition coefficient (Wildman–Crippen LogP) is 3.35. The lowest BCUT2D eigenvalue weighted by Crippen LogP contribution is -2.24. The summed E-state index contributed by atoms with van der Waals surface area (Å²) in [5.41, 5.74) is 1.89. The first-order valence-electron chi connectivity index (χ1n) is 8.19. The molecular weight excluding hydrogens is 341 g/mol. The second-order valence-corrected chi connectivity index (χ2v) is 6.04. The summed E-state index contributed by atoms with van der Waals surface area (Å²) >= 11 is 0. The molecule has 26 heavy (non-hydrogen) atoms. The molecule has 2 aromatic carbocycles. The van der Waals surface area contributed by atoms with Crippen molar-refractivity contribution in [1.82, 2.24) is 0 Å². The van der Waals surface area contributed by atoms with Gasteiger partial charge in [-0.3, -0.25) is 0 Å². The van der Waals surface area contributed by atoms with Gasteiger partial charge in [-0.1, -0.05) is 23.4 Å². The Bertz CT molecular complexity index is 882. The van der Waals surface area contributed by atoms with Gasteiger partial charge in [0, 0.05) is 12.0 Å². The molecule has 0 saturated heterocycles. The number of oxime groups is 1. The third kappa shape index (κ3) is 3.20. The molecule has 0 radical (unpaired) electrons. The molecule has 0 amide bonds. The van der Waals surface area contributed by atoms with E-state index in [4.69, 9.17) is 19.0 Å². The highest BCUT2D eigenvalue weighted by Crippen LogP contribution is 2.35. The van der Waals surface area contributed by atoms with Crippen LogP contribution >= 0.6 is 0 Å². The van der Waals surface area contributed by atoms with E-state index < -0.39 is 18.2 Å². The van der Waals surface area contributed by atoms with Crippen LogP contribution in [0, 0.1) is 5.82 Å². The number of ether oxygens (including phenoxy) is 3. The lowest BCUT2D eigenvalue weighted by Gasteiger charge is -2.16. The molecule has 2 aromatic rings. The fourth-order valence-corrected chi connectivity index (χ4v) is 2.83. The minimum Gasteiger partial charge on any atom is -0.455 e. The van der Waals surface area contributed by atoms with Gasteiger partial charge in [-0.15, -0.1) is 0 Å². The molecule has 2 atom stereocenters. The summed E-state index contributed by atoms with van der Waals surface area (Å²) in [6, 6.07) is 11.4. The number of hydrogen-bond acceptors (Lipinski definition) is 6. The topological polar surface area (TPSA) is 66.4 Å². The molecule has 0 aliphatic carbocycles. The molecule has 4 rings (SSSR count). The van der Waals surface area contributed by atoms with Crippen LogP contribution in [0.3, 0.4) is 0 Å². The fraction of sp³-hybridized carbons (Fsp3) is 0.263. The summed E-state index contributed by atoms with van der Waals surface area (Å²) in [6.07, 6.45) is -1.10. The highest BCUT2D eigenvalue weighted by molar-refractivity contribution is 6.03. The molecule has 0 spiro atoms. The zero-order valence-electron chi connectivity index (χ0n) is 14.0. The van der Waals surface area contributed by atoms with E-state index in [1.165, 1.54) is 12.1 Å². The SMILES string of the molecule is C[C@H](OC(=O)[C@H]1CC(c2cccc(F)c2)=NO1)c1ccc2c(c1)OCO2. The Labute approximate surface area is 149 Å². The van der Waals surface area contributed by atoms with Crippen molar-refractivity contribution in [3.63, 3.8) is 0 Å². The molecule has 0 bridgehead atoms. The van der Waals surface area contributed by atoms with Crippen molar-refractivity contribution < 1.29 is 28.2 Å². The van der Waals surface area contributed by atoms with E-state index in [9.17, 15) is 9.18 Å². The number of esters is 1. The normalized spacial score (nSPS) is 18.8. The molecule has 0 N–H and O–H groups in total. The highest BCUT2D eigenvalue weighted by atomic mass is 19.1. The summed E-state index contributed by atoms with van der Waals surface area (Å²) in [7, 11) is 0. The third-order valence-electron chi connectivity index (χ3n) is 4.25. The average Bonchev–Trinajstić information content (AvgIpc) is 3.30. The van der Waals surface area contributed by atoms with Crippen LogP contribution in [0.25, 0.3) is 0 Å². The van der Waals surface area contributed by atoms with Gasteiger partial charge < -0.3 is 19.0 Å². The molecule has 2 aliphatic heterocycles. The van der Waals surface area contributed by atoms with Crippen LogP contribution in [0.1, 0.15) is 30.6 Å². The van der Waals surface area contributed by atoms with E-state index in [0.29, 0.717) is 22.8 Å². The van der Waals surface area contributed by atoms with Crippen LogP contribution in [-0.4, -0.2) is 24.6 Å². The Hall–Kier alpha value is -3.09. The maximum atomic E-state index is 13.3. The van der Waals surface area contributed by atoms with Crippen LogP contribution in [0.4, 0.5) is 4.39 Å². The summed E-state index contributed by atoms with van der Waals surface area (Å²) < 4.78 is 29.4. The average molecular weight is 357 g/mol. The molecule has 0 unspecified atom stereocenters. The van der Waals surface area contributed by atoms with Crippen molar-refractivity contribution >= 4 is 11.7 Å². The Morgan fingerprint density at radius 1 is 1.23 bits per heavy atom. The van der Waals surface area contributed by atoms with Crippen molar-refractivity contribution in [2.24, 2.45) is 5.16 Å². The van der Waals surface area contributed by atoms with E-state index >= 15 is 0 Å². The smallest absolute Gasteiger partial charge is 0.351 e. The molecule has 6 nitrogen and oxygen atoms in total. The number of nitrogens with zero attached hydrogens (tertiary/aromatic N) is 1. The Morgan fingerprint density at radius 2 is 2.08 bits per heavy atom. The number of carbonyl (C=O) groups excluding carboxylic acids is 1. The molecule has 0 fully saturated rings. The lowest BCUT2D eigenvalue weighted by atomic mass is 10.0.